The first-order valence-corrected chi connectivity index (χ1v) is 6.72. The van der Waals surface area contributed by atoms with Crippen molar-refractivity contribution >= 4 is 5.91 Å². The van der Waals surface area contributed by atoms with Crippen LogP contribution in [-0.4, -0.2) is 37.0 Å². The van der Waals surface area contributed by atoms with Gasteiger partial charge >= 0.3 is 0 Å². The summed E-state index contributed by atoms with van der Waals surface area (Å²) in [7, 11) is 1.87. The van der Waals surface area contributed by atoms with Crippen molar-refractivity contribution in [2.24, 2.45) is 0 Å². The summed E-state index contributed by atoms with van der Waals surface area (Å²) >= 11 is 0. The maximum Gasteiger partial charge on any atom is 0.239 e. The van der Waals surface area contributed by atoms with E-state index in [9.17, 15) is 4.79 Å². The average molecular weight is 246 g/mol. The Morgan fingerprint density at radius 2 is 2.28 bits per heavy atom. The maximum atomic E-state index is 12.1. The number of nitrogens with one attached hydrogen (secondary N) is 1. The van der Waals surface area contributed by atoms with Gasteiger partial charge in [-0.1, -0.05) is 29.8 Å². The number of rotatable bonds is 4. The summed E-state index contributed by atoms with van der Waals surface area (Å²) in [5.74, 6) is 0.261. The molecule has 1 heterocycles. The van der Waals surface area contributed by atoms with E-state index in [0.717, 1.165) is 32.4 Å². The van der Waals surface area contributed by atoms with E-state index in [1.54, 1.807) is 0 Å². The Morgan fingerprint density at radius 1 is 1.44 bits per heavy atom. The van der Waals surface area contributed by atoms with Gasteiger partial charge in [0, 0.05) is 13.1 Å². The minimum atomic E-state index is 0.0243. The molecule has 98 valence electrons. The number of piperidine rings is 1. The SMILES string of the molecule is CNC1CCCN(CCc2cccc(C)c2)C1=O. The van der Waals surface area contributed by atoms with Crippen LogP contribution in [0.3, 0.4) is 0 Å². The van der Waals surface area contributed by atoms with Crippen LogP contribution >= 0.6 is 0 Å². The average Bonchev–Trinajstić information content (AvgIpc) is 2.38. The number of likely N-dealkylation sites (tertiary alicyclic amines) is 1. The standard InChI is InChI=1S/C15H22N2O/c1-12-5-3-6-13(11-12)8-10-17-9-4-7-14(16-2)15(17)18/h3,5-6,11,14,16H,4,7-10H2,1-2H3. The van der Waals surface area contributed by atoms with Crippen LogP contribution in [0.25, 0.3) is 0 Å². The lowest BCUT2D eigenvalue weighted by molar-refractivity contribution is -0.135. The topological polar surface area (TPSA) is 32.3 Å². The Bertz CT molecular complexity index is 417. The minimum Gasteiger partial charge on any atom is -0.341 e. The molecule has 0 radical (unpaired) electrons. The molecular formula is C15H22N2O. The number of amides is 1. The van der Waals surface area contributed by atoms with Crippen LogP contribution < -0.4 is 5.32 Å². The lowest BCUT2D eigenvalue weighted by atomic mass is 10.0. The maximum absolute atomic E-state index is 12.1. The van der Waals surface area contributed by atoms with E-state index in [4.69, 9.17) is 0 Å². The smallest absolute Gasteiger partial charge is 0.239 e. The van der Waals surface area contributed by atoms with Gasteiger partial charge < -0.3 is 10.2 Å². The van der Waals surface area contributed by atoms with Crippen molar-refractivity contribution in [2.75, 3.05) is 20.1 Å². The lowest BCUT2D eigenvalue weighted by Crippen LogP contribution is -2.50. The number of aryl methyl sites for hydroxylation is 1. The molecule has 1 aliphatic heterocycles. The van der Waals surface area contributed by atoms with Crippen molar-refractivity contribution in [1.82, 2.24) is 10.2 Å². The van der Waals surface area contributed by atoms with Gasteiger partial charge in [-0.05, 0) is 38.8 Å². The highest BCUT2D eigenvalue weighted by Gasteiger charge is 2.26. The molecule has 1 aromatic rings. The predicted octanol–water partition coefficient (Wildman–Crippen LogP) is 1.75. The van der Waals surface area contributed by atoms with Crippen molar-refractivity contribution in [3.8, 4) is 0 Å². The molecule has 0 saturated carbocycles. The normalized spacial score (nSPS) is 20.2. The molecule has 3 heteroatoms. The van der Waals surface area contributed by atoms with Crippen LogP contribution in [0.5, 0.6) is 0 Å². The molecule has 1 fully saturated rings. The number of carbonyl (C=O) groups excluding carboxylic acids is 1. The van der Waals surface area contributed by atoms with Crippen molar-refractivity contribution in [1.29, 1.82) is 0 Å². The van der Waals surface area contributed by atoms with Gasteiger partial charge in [-0.2, -0.15) is 0 Å². The summed E-state index contributed by atoms with van der Waals surface area (Å²) in [5, 5.41) is 3.10. The second kappa shape index (κ2) is 6.01. The molecular weight excluding hydrogens is 224 g/mol. The number of likely N-dealkylation sites (N-methyl/N-ethyl adjacent to an activating group) is 1. The molecule has 3 nitrogen and oxygen atoms in total. The Balaban J connectivity index is 1.91. The third kappa shape index (κ3) is 3.10. The first-order chi connectivity index (χ1) is 8.70. The van der Waals surface area contributed by atoms with Crippen LogP contribution in [0.15, 0.2) is 24.3 Å². The van der Waals surface area contributed by atoms with Crippen molar-refractivity contribution in [2.45, 2.75) is 32.2 Å². The highest BCUT2D eigenvalue weighted by atomic mass is 16.2. The second-order valence-electron chi connectivity index (χ2n) is 5.05. The summed E-state index contributed by atoms with van der Waals surface area (Å²) in [6, 6.07) is 8.54. The molecule has 1 aromatic carbocycles. The molecule has 2 rings (SSSR count). The summed E-state index contributed by atoms with van der Waals surface area (Å²) in [6.07, 6.45) is 3.02. The van der Waals surface area contributed by atoms with Crippen LogP contribution in [0, 0.1) is 6.92 Å². The van der Waals surface area contributed by atoms with Gasteiger partial charge in [-0.3, -0.25) is 4.79 Å². The molecule has 1 amide bonds. The van der Waals surface area contributed by atoms with Gasteiger partial charge in [0.25, 0.3) is 0 Å². The van der Waals surface area contributed by atoms with Gasteiger partial charge in [-0.25, -0.2) is 0 Å². The fraction of sp³-hybridized carbons (Fsp3) is 0.533. The van der Waals surface area contributed by atoms with Gasteiger partial charge in [0.2, 0.25) is 5.91 Å². The van der Waals surface area contributed by atoms with Gasteiger partial charge in [0.05, 0.1) is 6.04 Å². The molecule has 1 N–H and O–H groups in total. The summed E-state index contributed by atoms with van der Waals surface area (Å²) in [5.41, 5.74) is 2.60. The third-order valence-electron chi connectivity index (χ3n) is 3.63. The van der Waals surface area contributed by atoms with Gasteiger partial charge in [-0.15, -0.1) is 0 Å². The van der Waals surface area contributed by atoms with Crippen molar-refractivity contribution in [3.05, 3.63) is 35.4 Å². The van der Waals surface area contributed by atoms with Gasteiger partial charge in [0.1, 0.15) is 0 Å². The number of hydrogen-bond donors (Lipinski definition) is 1. The van der Waals surface area contributed by atoms with Crippen LogP contribution in [0.1, 0.15) is 24.0 Å². The van der Waals surface area contributed by atoms with Crippen molar-refractivity contribution < 1.29 is 4.79 Å². The zero-order chi connectivity index (χ0) is 13.0. The lowest BCUT2D eigenvalue weighted by Gasteiger charge is -2.32. The third-order valence-corrected chi connectivity index (χ3v) is 3.63. The molecule has 0 spiro atoms. The Labute approximate surface area is 109 Å². The molecule has 0 aliphatic carbocycles. The largest absolute Gasteiger partial charge is 0.341 e. The van der Waals surface area contributed by atoms with E-state index in [2.05, 4.69) is 36.5 Å². The monoisotopic (exact) mass is 246 g/mol. The molecule has 18 heavy (non-hydrogen) atoms. The number of hydrogen-bond acceptors (Lipinski definition) is 2. The fourth-order valence-corrected chi connectivity index (χ4v) is 2.56. The first kappa shape index (κ1) is 13.1. The van der Waals surface area contributed by atoms with E-state index in [-0.39, 0.29) is 11.9 Å². The second-order valence-corrected chi connectivity index (χ2v) is 5.05. The van der Waals surface area contributed by atoms with Gasteiger partial charge in [0.15, 0.2) is 0 Å². The fourth-order valence-electron chi connectivity index (χ4n) is 2.56. The van der Waals surface area contributed by atoms with E-state index in [0.29, 0.717) is 0 Å². The van der Waals surface area contributed by atoms with Crippen molar-refractivity contribution in [3.63, 3.8) is 0 Å². The zero-order valence-corrected chi connectivity index (χ0v) is 11.3. The summed E-state index contributed by atoms with van der Waals surface area (Å²) in [6.45, 7) is 3.84. The molecule has 1 aliphatic rings. The molecule has 0 bridgehead atoms. The molecule has 1 unspecified atom stereocenters. The number of benzene rings is 1. The Kier molecular flexibility index (Phi) is 4.37. The predicted molar refractivity (Wildman–Crippen MR) is 73.5 cm³/mol. The summed E-state index contributed by atoms with van der Waals surface area (Å²) in [4.78, 5) is 14.1. The summed E-state index contributed by atoms with van der Waals surface area (Å²) < 4.78 is 0. The molecule has 0 aromatic heterocycles. The molecule has 1 saturated heterocycles. The Hall–Kier alpha value is -1.35. The number of carbonyl (C=O) groups is 1. The van der Waals surface area contributed by atoms with E-state index in [1.165, 1.54) is 11.1 Å². The highest BCUT2D eigenvalue weighted by Crippen LogP contribution is 2.13. The first-order valence-electron chi connectivity index (χ1n) is 6.72. The number of nitrogens with zero attached hydrogens (tertiary/aromatic N) is 1. The van der Waals surface area contributed by atoms with Crippen LogP contribution in [0.4, 0.5) is 0 Å². The van der Waals surface area contributed by atoms with E-state index >= 15 is 0 Å². The Morgan fingerprint density at radius 3 is 3.00 bits per heavy atom. The minimum absolute atomic E-state index is 0.0243. The van der Waals surface area contributed by atoms with E-state index in [1.807, 2.05) is 11.9 Å². The van der Waals surface area contributed by atoms with Crippen LogP contribution in [0.2, 0.25) is 0 Å². The molecule has 1 atom stereocenters. The van der Waals surface area contributed by atoms with E-state index < -0.39 is 0 Å². The highest BCUT2D eigenvalue weighted by molar-refractivity contribution is 5.82. The quantitative estimate of drug-likeness (QED) is 0.878. The van der Waals surface area contributed by atoms with Crippen LogP contribution in [-0.2, 0) is 11.2 Å². The zero-order valence-electron chi connectivity index (χ0n) is 11.3.